The fourth-order valence-corrected chi connectivity index (χ4v) is 2.78. The summed E-state index contributed by atoms with van der Waals surface area (Å²) in [6.45, 7) is 6.35. The molecule has 2 aromatic rings. The van der Waals surface area contributed by atoms with Gasteiger partial charge >= 0.3 is 11.9 Å². The molecule has 156 valence electrons. The van der Waals surface area contributed by atoms with Gasteiger partial charge in [-0.05, 0) is 57.5 Å². The molecule has 0 saturated heterocycles. The van der Waals surface area contributed by atoms with E-state index in [2.05, 4.69) is 10.3 Å². The number of hydrogen-bond donors (Lipinski definition) is 2. The molecule has 0 unspecified atom stereocenters. The van der Waals surface area contributed by atoms with Gasteiger partial charge in [-0.2, -0.15) is 0 Å². The van der Waals surface area contributed by atoms with Crippen LogP contribution in [-0.2, 0) is 14.3 Å². The maximum absolute atomic E-state index is 12.4. The molecule has 1 aromatic heterocycles. The first-order valence-corrected chi connectivity index (χ1v) is 9.24. The minimum atomic E-state index is -0.715. The first kappa shape index (κ1) is 22.0. The van der Waals surface area contributed by atoms with Gasteiger partial charge in [0.05, 0.1) is 11.7 Å². The number of H-pyrrole nitrogens is 1. The Bertz CT molecular complexity index is 898. The van der Waals surface area contributed by atoms with Crippen LogP contribution in [0.25, 0.3) is 0 Å². The fraction of sp³-hybridized carbons (Fsp3) is 0.381. The molecule has 0 aliphatic carbocycles. The molecule has 8 nitrogen and oxygen atoms in total. The van der Waals surface area contributed by atoms with Crippen LogP contribution >= 0.6 is 0 Å². The molecule has 0 aliphatic heterocycles. The molecule has 0 bridgehead atoms. The second-order valence-corrected chi connectivity index (χ2v) is 7.14. The summed E-state index contributed by atoms with van der Waals surface area (Å²) in [6, 6.07) is 7.26. The van der Waals surface area contributed by atoms with E-state index in [-0.39, 0.29) is 11.8 Å². The lowest BCUT2D eigenvalue weighted by molar-refractivity contribution is -0.119. The van der Waals surface area contributed by atoms with Crippen LogP contribution in [0.1, 0.15) is 46.0 Å². The van der Waals surface area contributed by atoms with Crippen molar-refractivity contribution in [2.45, 2.75) is 33.8 Å². The van der Waals surface area contributed by atoms with Crippen LogP contribution in [0.15, 0.2) is 24.3 Å². The lowest BCUT2D eigenvalue weighted by atomic mass is 10.1. The van der Waals surface area contributed by atoms with Crippen molar-refractivity contribution in [3.8, 4) is 0 Å². The summed E-state index contributed by atoms with van der Waals surface area (Å²) in [7, 11) is 3.84. The third-order valence-electron chi connectivity index (χ3n) is 4.19. The number of benzene rings is 1. The molecule has 29 heavy (non-hydrogen) atoms. The van der Waals surface area contributed by atoms with Gasteiger partial charge < -0.3 is 24.7 Å². The monoisotopic (exact) mass is 401 g/mol. The number of amides is 1. The van der Waals surface area contributed by atoms with E-state index in [1.165, 1.54) is 0 Å². The molecule has 0 spiro atoms. The summed E-state index contributed by atoms with van der Waals surface area (Å²) in [5.41, 5.74) is 2.96. The van der Waals surface area contributed by atoms with Crippen molar-refractivity contribution in [3.05, 3.63) is 46.8 Å². The second-order valence-electron chi connectivity index (χ2n) is 7.14. The number of nitrogens with one attached hydrogen (secondary N) is 2. The lowest BCUT2D eigenvalue weighted by Crippen LogP contribution is -2.21. The molecule has 0 saturated carbocycles. The third kappa shape index (κ3) is 5.60. The van der Waals surface area contributed by atoms with Gasteiger partial charge in [0.15, 0.2) is 6.61 Å². The van der Waals surface area contributed by atoms with E-state index in [4.69, 9.17) is 9.47 Å². The normalized spacial score (nSPS) is 10.6. The number of ether oxygens (including phenoxy) is 2. The standard InChI is InChI=1S/C21H27N3O5/c1-12(2)29-20(26)18-13(3)19(22-14(18)4)21(27)28-11-17(25)23-15-7-9-16(10-8-15)24(5)6/h7-10,12,22H,11H2,1-6H3,(H,23,25). The Hall–Kier alpha value is -3.29. The zero-order valence-corrected chi connectivity index (χ0v) is 17.6. The van der Waals surface area contributed by atoms with Gasteiger partial charge in [0.2, 0.25) is 0 Å². The number of carbonyl (C=O) groups is 3. The number of aryl methyl sites for hydroxylation is 1. The van der Waals surface area contributed by atoms with Crippen molar-refractivity contribution in [1.82, 2.24) is 4.98 Å². The van der Waals surface area contributed by atoms with Gasteiger partial charge in [0.1, 0.15) is 5.69 Å². The number of anilines is 2. The Kier molecular flexibility index (Phi) is 7.03. The average molecular weight is 401 g/mol. The summed E-state index contributed by atoms with van der Waals surface area (Å²) in [5.74, 6) is -1.69. The lowest BCUT2D eigenvalue weighted by Gasteiger charge is -2.13. The van der Waals surface area contributed by atoms with E-state index < -0.39 is 24.5 Å². The summed E-state index contributed by atoms with van der Waals surface area (Å²) in [4.78, 5) is 41.4. The maximum Gasteiger partial charge on any atom is 0.355 e. The van der Waals surface area contributed by atoms with Gasteiger partial charge in [-0.1, -0.05) is 0 Å². The van der Waals surface area contributed by atoms with Gasteiger partial charge in [-0.3, -0.25) is 4.79 Å². The molecule has 1 amide bonds. The van der Waals surface area contributed by atoms with E-state index in [0.717, 1.165) is 5.69 Å². The van der Waals surface area contributed by atoms with Gasteiger partial charge in [0.25, 0.3) is 5.91 Å². The Labute approximate surface area is 170 Å². The number of hydrogen-bond acceptors (Lipinski definition) is 6. The highest BCUT2D eigenvalue weighted by atomic mass is 16.5. The van der Waals surface area contributed by atoms with Crippen molar-refractivity contribution in [1.29, 1.82) is 0 Å². The van der Waals surface area contributed by atoms with Crippen molar-refractivity contribution in [3.63, 3.8) is 0 Å². The number of nitrogens with zero attached hydrogens (tertiary/aromatic N) is 1. The summed E-state index contributed by atoms with van der Waals surface area (Å²) in [5, 5.41) is 2.67. The van der Waals surface area contributed by atoms with E-state index in [1.807, 2.05) is 31.1 Å². The smallest absolute Gasteiger partial charge is 0.355 e. The third-order valence-corrected chi connectivity index (χ3v) is 4.19. The van der Waals surface area contributed by atoms with Crippen molar-refractivity contribution >= 4 is 29.2 Å². The van der Waals surface area contributed by atoms with Crippen LogP contribution < -0.4 is 10.2 Å². The Morgan fingerprint density at radius 3 is 2.24 bits per heavy atom. The van der Waals surface area contributed by atoms with E-state index in [0.29, 0.717) is 22.5 Å². The van der Waals surface area contributed by atoms with Crippen LogP contribution in [0.4, 0.5) is 11.4 Å². The summed E-state index contributed by atoms with van der Waals surface area (Å²) in [6.07, 6.45) is -0.276. The molecule has 8 heteroatoms. The van der Waals surface area contributed by atoms with E-state index in [1.54, 1.807) is 39.8 Å². The zero-order chi connectivity index (χ0) is 21.7. The first-order chi connectivity index (χ1) is 13.6. The first-order valence-electron chi connectivity index (χ1n) is 9.24. The van der Waals surface area contributed by atoms with Crippen LogP contribution in [0.5, 0.6) is 0 Å². The number of carbonyl (C=O) groups excluding carboxylic acids is 3. The van der Waals surface area contributed by atoms with Crippen LogP contribution in [0.3, 0.4) is 0 Å². The Morgan fingerprint density at radius 2 is 1.69 bits per heavy atom. The largest absolute Gasteiger partial charge is 0.459 e. The highest BCUT2D eigenvalue weighted by Crippen LogP contribution is 2.20. The summed E-state index contributed by atoms with van der Waals surface area (Å²) < 4.78 is 10.3. The Morgan fingerprint density at radius 1 is 1.07 bits per heavy atom. The molecule has 0 radical (unpaired) electrons. The minimum absolute atomic E-state index is 0.126. The number of aromatic amines is 1. The molecule has 2 N–H and O–H groups in total. The van der Waals surface area contributed by atoms with Gasteiger partial charge in [0, 0.05) is 31.2 Å². The van der Waals surface area contributed by atoms with Crippen LogP contribution in [0, 0.1) is 13.8 Å². The average Bonchev–Trinajstić information content (AvgIpc) is 2.94. The van der Waals surface area contributed by atoms with E-state index >= 15 is 0 Å². The Balaban J connectivity index is 1.98. The molecule has 0 aliphatic rings. The number of rotatable bonds is 7. The molecule has 1 aromatic carbocycles. The topological polar surface area (TPSA) is 101 Å². The molecular formula is C21H27N3O5. The molecule has 0 atom stereocenters. The number of aromatic nitrogens is 1. The summed E-state index contributed by atoms with van der Waals surface area (Å²) >= 11 is 0. The van der Waals surface area contributed by atoms with Crippen molar-refractivity contribution in [2.24, 2.45) is 0 Å². The molecule has 1 heterocycles. The number of esters is 2. The molecule has 0 fully saturated rings. The molecule has 2 rings (SSSR count). The van der Waals surface area contributed by atoms with E-state index in [9.17, 15) is 14.4 Å². The van der Waals surface area contributed by atoms with Crippen molar-refractivity contribution in [2.75, 3.05) is 30.9 Å². The van der Waals surface area contributed by atoms with Crippen LogP contribution in [-0.4, -0.2) is 49.6 Å². The second kappa shape index (κ2) is 9.27. The predicted octanol–water partition coefficient (Wildman–Crippen LogP) is 3.06. The quantitative estimate of drug-likeness (QED) is 0.692. The minimum Gasteiger partial charge on any atom is -0.459 e. The van der Waals surface area contributed by atoms with Gasteiger partial charge in [-0.25, -0.2) is 9.59 Å². The fourth-order valence-electron chi connectivity index (χ4n) is 2.78. The highest BCUT2D eigenvalue weighted by Gasteiger charge is 2.24. The SMILES string of the molecule is Cc1[nH]c(C(=O)OCC(=O)Nc2ccc(N(C)C)cc2)c(C)c1C(=O)OC(C)C. The highest BCUT2D eigenvalue weighted by molar-refractivity contribution is 6.00. The predicted molar refractivity (Wildman–Crippen MR) is 110 cm³/mol. The maximum atomic E-state index is 12.4. The van der Waals surface area contributed by atoms with Crippen molar-refractivity contribution < 1.29 is 23.9 Å². The zero-order valence-electron chi connectivity index (χ0n) is 17.6. The van der Waals surface area contributed by atoms with Crippen LogP contribution in [0.2, 0.25) is 0 Å². The van der Waals surface area contributed by atoms with Gasteiger partial charge in [-0.15, -0.1) is 0 Å². The molecular weight excluding hydrogens is 374 g/mol.